The van der Waals surface area contributed by atoms with Gasteiger partial charge in [-0.2, -0.15) is 0 Å². The number of rotatable bonds is 3. The Kier molecular flexibility index (Phi) is 2.68. The Balaban J connectivity index is 2.30. The van der Waals surface area contributed by atoms with E-state index in [4.69, 9.17) is 4.74 Å². The standard InChI is InChI=1S/C11H9NO4/c13-4-3-9(14)7-1-2-10-8(5-7)12-11(15)6-16-10/h1-2,4-5H,3,6H2,(H,12,15). The molecule has 5 heteroatoms. The fourth-order valence-electron chi connectivity index (χ4n) is 1.45. The van der Waals surface area contributed by atoms with Gasteiger partial charge in [-0.1, -0.05) is 0 Å². The summed E-state index contributed by atoms with van der Waals surface area (Å²) in [6.45, 7) is -0.0192. The van der Waals surface area contributed by atoms with Gasteiger partial charge in [0, 0.05) is 5.56 Å². The van der Waals surface area contributed by atoms with Gasteiger partial charge in [-0.05, 0) is 18.2 Å². The lowest BCUT2D eigenvalue weighted by molar-refractivity contribution is -0.118. The van der Waals surface area contributed by atoms with Crippen LogP contribution in [0.3, 0.4) is 0 Å². The molecule has 1 N–H and O–H groups in total. The Labute approximate surface area is 91.4 Å². The molecule has 0 unspecified atom stereocenters. The summed E-state index contributed by atoms with van der Waals surface area (Å²) >= 11 is 0. The zero-order chi connectivity index (χ0) is 11.5. The quantitative estimate of drug-likeness (QED) is 0.463. The number of ketones is 1. The predicted molar refractivity (Wildman–Crippen MR) is 55.6 cm³/mol. The zero-order valence-electron chi connectivity index (χ0n) is 8.36. The van der Waals surface area contributed by atoms with Crippen LogP contribution in [-0.4, -0.2) is 24.6 Å². The summed E-state index contributed by atoms with van der Waals surface area (Å²) in [5.41, 5.74) is 0.852. The molecule has 1 aromatic rings. The maximum Gasteiger partial charge on any atom is 0.262 e. The predicted octanol–water partition coefficient (Wildman–Crippen LogP) is 0.789. The van der Waals surface area contributed by atoms with E-state index in [9.17, 15) is 14.4 Å². The topological polar surface area (TPSA) is 72.5 Å². The highest BCUT2D eigenvalue weighted by Gasteiger charge is 2.17. The van der Waals surface area contributed by atoms with Gasteiger partial charge < -0.3 is 14.8 Å². The van der Waals surface area contributed by atoms with Crippen LogP contribution < -0.4 is 10.1 Å². The molecule has 0 spiro atoms. The van der Waals surface area contributed by atoms with E-state index in [1.54, 1.807) is 12.1 Å². The minimum absolute atomic E-state index is 0.0192. The Hall–Kier alpha value is -2.17. The van der Waals surface area contributed by atoms with Gasteiger partial charge in [0.15, 0.2) is 12.4 Å². The van der Waals surface area contributed by atoms with Crippen molar-refractivity contribution in [2.75, 3.05) is 11.9 Å². The Morgan fingerprint density at radius 1 is 1.50 bits per heavy atom. The van der Waals surface area contributed by atoms with Gasteiger partial charge in [0.25, 0.3) is 5.91 Å². The van der Waals surface area contributed by atoms with Crippen molar-refractivity contribution in [2.24, 2.45) is 0 Å². The van der Waals surface area contributed by atoms with Crippen molar-refractivity contribution in [1.82, 2.24) is 0 Å². The monoisotopic (exact) mass is 219 g/mol. The molecule has 1 aromatic carbocycles. The van der Waals surface area contributed by atoms with E-state index < -0.39 is 0 Å². The van der Waals surface area contributed by atoms with E-state index in [1.807, 2.05) is 0 Å². The van der Waals surface area contributed by atoms with E-state index in [0.29, 0.717) is 23.3 Å². The van der Waals surface area contributed by atoms with Crippen molar-refractivity contribution in [1.29, 1.82) is 0 Å². The van der Waals surface area contributed by atoms with E-state index >= 15 is 0 Å². The number of carbonyl (C=O) groups excluding carboxylic acids is 3. The van der Waals surface area contributed by atoms with E-state index in [2.05, 4.69) is 5.32 Å². The molecule has 1 aliphatic heterocycles. The molecule has 16 heavy (non-hydrogen) atoms. The summed E-state index contributed by atoms with van der Waals surface area (Å²) in [5.74, 6) is -0.00707. The highest BCUT2D eigenvalue weighted by molar-refractivity contribution is 6.04. The van der Waals surface area contributed by atoms with E-state index in [1.165, 1.54) is 6.07 Å². The van der Waals surface area contributed by atoms with E-state index in [0.717, 1.165) is 0 Å². The van der Waals surface area contributed by atoms with Crippen LogP contribution in [0.15, 0.2) is 18.2 Å². The number of hydrogen-bond donors (Lipinski definition) is 1. The lowest BCUT2D eigenvalue weighted by Gasteiger charge is -2.18. The third-order valence-electron chi connectivity index (χ3n) is 2.20. The summed E-state index contributed by atoms with van der Waals surface area (Å²) in [6, 6.07) is 4.69. The van der Waals surface area contributed by atoms with Gasteiger partial charge in [-0.15, -0.1) is 0 Å². The fraction of sp³-hybridized carbons (Fsp3) is 0.182. The molecule has 0 fully saturated rings. The van der Waals surface area contributed by atoms with Gasteiger partial charge in [-0.25, -0.2) is 0 Å². The summed E-state index contributed by atoms with van der Waals surface area (Å²) in [6.07, 6.45) is 0.393. The third-order valence-corrected chi connectivity index (χ3v) is 2.20. The minimum atomic E-state index is -0.280. The number of hydrogen-bond acceptors (Lipinski definition) is 4. The normalized spacial score (nSPS) is 13.4. The van der Waals surface area contributed by atoms with Gasteiger partial charge in [-0.3, -0.25) is 9.59 Å². The SMILES string of the molecule is O=CCC(=O)c1ccc2c(c1)NC(=O)CO2. The molecule has 1 heterocycles. The molecule has 0 aliphatic carbocycles. The zero-order valence-corrected chi connectivity index (χ0v) is 8.36. The number of benzene rings is 1. The lowest BCUT2D eigenvalue weighted by Crippen LogP contribution is -2.25. The van der Waals surface area contributed by atoms with Crippen LogP contribution in [0, 0.1) is 0 Å². The number of aldehydes is 1. The first-order chi connectivity index (χ1) is 7.70. The van der Waals surface area contributed by atoms with Crippen molar-refractivity contribution < 1.29 is 19.1 Å². The van der Waals surface area contributed by atoms with Gasteiger partial charge in [0.05, 0.1) is 12.1 Å². The molecule has 0 atom stereocenters. The molecule has 1 aliphatic rings. The smallest absolute Gasteiger partial charge is 0.262 e. The number of ether oxygens (including phenoxy) is 1. The molecule has 1 amide bonds. The first-order valence-corrected chi connectivity index (χ1v) is 4.74. The second-order valence-corrected chi connectivity index (χ2v) is 3.34. The third kappa shape index (κ3) is 1.93. The first-order valence-electron chi connectivity index (χ1n) is 4.74. The van der Waals surface area contributed by atoms with E-state index in [-0.39, 0.29) is 24.7 Å². The molecular formula is C11H9NO4. The molecule has 0 saturated heterocycles. The minimum Gasteiger partial charge on any atom is -0.482 e. The first kappa shape index (κ1) is 10.4. The summed E-state index contributed by atoms with van der Waals surface area (Å²) < 4.78 is 5.14. The van der Waals surface area contributed by atoms with Gasteiger partial charge >= 0.3 is 0 Å². The highest BCUT2D eigenvalue weighted by Crippen LogP contribution is 2.28. The maximum absolute atomic E-state index is 11.4. The number of anilines is 1. The van der Waals surface area contributed by atoms with Gasteiger partial charge in [0.2, 0.25) is 0 Å². The largest absolute Gasteiger partial charge is 0.482 e. The molecule has 0 radical (unpaired) electrons. The van der Waals surface area contributed by atoms with Gasteiger partial charge in [0.1, 0.15) is 12.0 Å². The van der Waals surface area contributed by atoms with Crippen LogP contribution in [0.1, 0.15) is 16.8 Å². The molecule has 0 aromatic heterocycles. The second kappa shape index (κ2) is 4.14. The lowest BCUT2D eigenvalue weighted by atomic mass is 10.1. The average Bonchev–Trinajstić information content (AvgIpc) is 2.28. The molecule has 0 saturated carbocycles. The molecular weight excluding hydrogens is 210 g/mol. The Morgan fingerprint density at radius 2 is 2.31 bits per heavy atom. The van der Waals surface area contributed by atoms with Crippen LogP contribution in [0.4, 0.5) is 5.69 Å². The fourth-order valence-corrected chi connectivity index (χ4v) is 1.45. The van der Waals surface area contributed by atoms with Crippen molar-refractivity contribution >= 4 is 23.7 Å². The highest BCUT2D eigenvalue weighted by atomic mass is 16.5. The van der Waals surface area contributed by atoms with Crippen molar-refractivity contribution in [3.63, 3.8) is 0 Å². The van der Waals surface area contributed by atoms with Crippen molar-refractivity contribution in [2.45, 2.75) is 6.42 Å². The van der Waals surface area contributed by atoms with Crippen molar-refractivity contribution in [3.05, 3.63) is 23.8 Å². The number of amides is 1. The van der Waals surface area contributed by atoms with Crippen LogP contribution >= 0.6 is 0 Å². The van der Waals surface area contributed by atoms with Crippen molar-refractivity contribution in [3.8, 4) is 5.75 Å². The maximum atomic E-state index is 11.4. The molecule has 82 valence electrons. The van der Waals surface area contributed by atoms with Crippen LogP contribution in [0.25, 0.3) is 0 Å². The molecule has 5 nitrogen and oxygen atoms in total. The summed E-state index contributed by atoms with van der Waals surface area (Å²) in [7, 11) is 0. The molecule has 2 rings (SSSR count). The Bertz CT molecular complexity index is 467. The average molecular weight is 219 g/mol. The Morgan fingerprint density at radius 3 is 3.06 bits per heavy atom. The number of carbonyl (C=O) groups is 3. The molecule has 0 bridgehead atoms. The summed E-state index contributed by atoms with van der Waals surface area (Å²) in [4.78, 5) is 32.7. The second-order valence-electron chi connectivity index (χ2n) is 3.34. The van der Waals surface area contributed by atoms with Crippen LogP contribution in [0.5, 0.6) is 5.75 Å². The summed E-state index contributed by atoms with van der Waals surface area (Å²) in [5, 5.41) is 2.59. The number of nitrogens with one attached hydrogen (secondary N) is 1. The van der Waals surface area contributed by atoms with Crippen LogP contribution in [-0.2, 0) is 9.59 Å². The number of fused-ring (bicyclic) bond motifs is 1. The van der Waals surface area contributed by atoms with Crippen LogP contribution in [0.2, 0.25) is 0 Å². The number of Topliss-reactive ketones (excluding diaryl/α,β-unsaturated/α-hetero) is 1.